The molecular weight excluding hydrogens is 272 g/mol. The van der Waals surface area contributed by atoms with Gasteiger partial charge in [0, 0.05) is 11.7 Å². The minimum atomic E-state index is -0.150. The van der Waals surface area contributed by atoms with Crippen molar-refractivity contribution in [3.8, 4) is 0 Å². The first kappa shape index (κ1) is 17.0. The van der Waals surface area contributed by atoms with E-state index in [1.807, 2.05) is 39.0 Å². The van der Waals surface area contributed by atoms with Gasteiger partial charge in [0.15, 0.2) is 0 Å². The highest BCUT2D eigenvalue weighted by molar-refractivity contribution is 5.95. The Hall–Kier alpha value is -1.35. The van der Waals surface area contributed by atoms with Crippen LogP contribution in [0.3, 0.4) is 0 Å². The number of carbonyl (C=O) groups excluding carboxylic acids is 1. The standard InChI is InChI=1S/C19H30N2O/c1-14-10-9-11-15(2)18(14)21-19(22)16(3)20-17-12-7-5-4-6-8-13-17/h9-11,16-17,20H,4-8,12-13H2,1-3H3,(H,21,22)/t16-/m0/s1. The Bertz CT molecular complexity index is 470. The van der Waals surface area contributed by atoms with Crippen LogP contribution in [-0.4, -0.2) is 18.0 Å². The molecule has 0 aromatic heterocycles. The lowest BCUT2D eigenvalue weighted by molar-refractivity contribution is -0.118. The van der Waals surface area contributed by atoms with E-state index < -0.39 is 0 Å². The van der Waals surface area contributed by atoms with Crippen LogP contribution < -0.4 is 10.6 Å². The van der Waals surface area contributed by atoms with E-state index in [0.29, 0.717) is 6.04 Å². The van der Waals surface area contributed by atoms with Crippen molar-refractivity contribution in [3.05, 3.63) is 29.3 Å². The van der Waals surface area contributed by atoms with Gasteiger partial charge in [-0.3, -0.25) is 4.79 Å². The summed E-state index contributed by atoms with van der Waals surface area (Å²) in [5, 5.41) is 6.63. The highest BCUT2D eigenvalue weighted by atomic mass is 16.2. The molecule has 1 aliphatic carbocycles. The van der Waals surface area contributed by atoms with E-state index in [9.17, 15) is 4.79 Å². The lowest BCUT2D eigenvalue weighted by Crippen LogP contribution is -2.44. The van der Waals surface area contributed by atoms with Crippen molar-refractivity contribution in [3.63, 3.8) is 0 Å². The first-order valence-corrected chi connectivity index (χ1v) is 8.71. The Kier molecular flexibility index (Phi) is 6.44. The van der Waals surface area contributed by atoms with E-state index >= 15 is 0 Å². The molecule has 0 spiro atoms. The molecule has 2 rings (SSSR count). The van der Waals surface area contributed by atoms with Gasteiger partial charge < -0.3 is 10.6 Å². The molecule has 1 aromatic rings. The van der Waals surface area contributed by atoms with Gasteiger partial charge in [0.1, 0.15) is 0 Å². The average Bonchev–Trinajstić information content (AvgIpc) is 2.45. The molecular formula is C19H30N2O. The molecule has 0 bridgehead atoms. The first-order chi connectivity index (χ1) is 10.6. The normalized spacial score (nSPS) is 18.3. The van der Waals surface area contributed by atoms with E-state index in [4.69, 9.17) is 0 Å². The van der Waals surface area contributed by atoms with Crippen molar-refractivity contribution in [2.24, 2.45) is 0 Å². The second-order valence-corrected chi connectivity index (χ2v) is 6.69. The fourth-order valence-corrected chi connectivity index (χ4v) is 3.30. The summed E-state index contributed by atoms with van der Waals surface area (Å²) in [6, 6.07) is 6.43. The molecule has 0 radical (unpaired) electrons. The maximum atomic E-state index is 12.5. The zero-order valence-corrected chi connectivity index (χ0v) is 14.2. The summed E-state index contributed by atoms with van der Waals surface area (Å²) in [7, 11) is 0. The number of amides is 1. The van der Waals surface area contributed by atoms with Crippen molar-refractivity contribution < 1.29 is 4.79 Å². The molecule has 3 heteroatoms. The second kappa shape index (κ2) is 8.33. The molecule has 3 nitrogen and oxygen atoms in total. The maximum absolute atomic E-state index is 12.5. The minimum Gasteiger partial charge on any atom is -0.324 e. The number of aryl methyl sites for hydroxylation is 2. The van der Waals surface area contributed by atoms with Gasteiger partial charge in [0.25, 0.3) is 0 Å². The Labute approximate surface area is 134 Å². The molecule has 1 aliphatic rings. The summed E-state index contributed by atoms with van der Waals surface area (Å²) < 4.78 is 0. The van der Waals surface area contributed by atoms with Gasteiger partial charge in [-0.1, -0.05) is 50.3 Å². The van der Waals surface area contributed by atoms with Crippen LogP contribution >= 0.6 is 0 Å². The van der Waals surface area contributed by atoms with Crippen molar-refractivity contribution >= 4 is 11.6 Å². The summed E-state index contributed by atoms with van der Waals surface area (Å²) in [6.07, 6.45) is 8.99. The molecule has 22 heavy (non-hydrogen) atoms. The van der Waals surface area contributed by atoms with Gasteiger partial charge in [-0.2, -0.15) is 0 Å². The number of anilines is 1. The smallest absolute Gasteiger partial charge is 0.241 e. The van der Waals surface area contributed by atoms with Crippen LogP contribution in [-0.2, 0) is 4.79 Å². The molecule has 0 aliphatic heterocycles. The fourth-order valence-electron chi connectivity index (χ4n) is 3.30. The van der Waals surface area contributed by atoms with Crippen LogP contribution in [0.4, 0.5) is 5.69 Å². The summed E-state index contributed by atoms with van der Waals surface area (Å²) in [4.78, 5) is 12.5. The van der Waals surface area contributed by atoms with E-state index in [2.05, 4.69) is 10.6 Å². The Morgan fingerprint density at radius 2 is 1.59 bits per heavy atom. The van der Waals surface area contributed by atoms with Gasteiger partial charge in [-0.15, -0.1) is 0 Å². The maximum Gasteiger partial charge on any atom is 0.241 e. The lowest BCUT2D eigenvalue weighted by Gasteiger charge is -2.25. The van der Waals surface area contributed by atoms with Crippen molar-refractivity contribution in [1.82, 2.24) is 5.32 Å². The predicted octanol–water partition coefficient (Wildman–Crippen LogP) is 4.33. The van der Waals surface area contributed by atoms with E-state index in [1.54, 1.807) is 0 Å². The molecule has 0 unspecified atom stereocenters. The van der Waals surface area contributed by atoms with E-state index in [1.165, 1.54) is 44.9 Å². The van der Waals surface area contributed by atoms with Crippen molar-refractivity contribution in [2.75, 3.05) is 5.32 Å². The molecule has 1 aromatic carbocycles. The average molecular weight is 302 g/mol. The van der Waals surface area contributed by atoms with Gasteiger partial charge >= 0.3 is 0 Å². The third-order valence-electron chi connectivity index (χ3n) is 4.71. The van der Waals surface area contributed by atoms with E-state index in [-0.39, 0.29) is 11.9 Å². The third-order valence-corrected chi connectivity index (χ3v) is 4.71. The van der Waals surface area contributed by atoms with Crippen LogP contribution in [0.1, 0.15) is 63.0 Å². The van der Waals surface area contributed by atoms with Gasteiger partial charge in [0.2, 0.25) is 5.91 Å². The third kappa shape index (κ3) is 4.84. The van der Waals surface area contributed by atoms with Crippen LogP contribution in [0.25, 0.3) is 0 Å². The fraction of sp³-hybridized carbons (Fsp3) is 0.632. The predicted molar refractivity (Wildman–Crippen MR) is 93.3 cm³/mol. The summed E-state index contributed by atoms with van der Waals surface area (Å²) >= 11 is 0. The molecule has 1 atom stereocenters. The molecule has 1 fully saturated rings. The minimum absolute atomic E-state index is 0.0689. The SMILES string of the molecule is Cc1cccc(C)c1NC(=O)[C@H](C)NC1CCCCCCC1. The monoisotopic (exact) mass is 302 g/mol. The first-order valence-electron chi connectivity index (χ1n) is 8.71. The zero-order valence-electron chi connectivity index (χ0n) is 14.2. The quantitative estimate of drug-likeness (QED) is 0.869. The number of para-hydroxylation sites is 1. The Morgan fingerprint density at radius 1 is 1.05 bits per heavy atom. The van der Waals surface area contributed by atoms with Crippen LogP contribution in [0.15, 0.2) is 18.2 Å². The van der Waals surface area contributed by atoms with Crippen molar-refractivity contribution in [2.45, 2.75) is 77.8 Å². The lowest BCUT2D eigenvalue weighted by atomic mass is 9.96. The number of hydrogen-bond donors (Lipinski definition) is 2. The number of carbonyl (C=O) groups is 1. The second-order valence-electron chi connectivity index (χ2n) is 6.69. The summed E-state index contributed by atoms with van der Waals surface area (Å²) in [6.45, 7) is 6.05. The number of benzene rings is 1. The molecule has 1 amide bonds. The van der Waals surface area contributed by atoms with E-state index in [0.717, 1.165) is 16.8 Å². The van der Waals surface area contributed by atoms with Crippen molar-refractivity contribution in [1.29, 1.82) is 0 Å². The zero-order chi connectivity index (χ0) is 15.9. The number of hydrogen-bond acceptors (Lipinski definition) is 2. The number of rotatable bonds is 4. The topological polar surface area (TPSA) is 41.1 Å². The highest BCUT2D eigenvalue weighted by Crippen LogP contribution is 2.20. The van der Waals surface area contributed by atoms with Crippen LogP contribution in [0, 0.1) is 13.8 Å². The van der Waals surface area contributed by atoms with Gasteiger partial charge in [-0.05, 0) is 44.7 Å². The highest BCUT2D eigenvalue weighted by Gasteiger charge is 2.19. The molecule has 0 heterocycles. The Morgan fingerprint density at radius 3 is 2.18 bits per heavy atom. The number of nitrogens with one attached hydrogen (secondary N) is 2. The van der Waals surface area contributed by atoms with Crippen LogP contribution in [0.2, 0.25) is 0 Å². The molecule has 2 N–H and O–H groups in total. The molecule has 122 valence electrons. The largest absolute Gasteiger partial charge is 0.324 e. The van der Waals surface area contributed by atoms with Gasteiger partial charge in [0.05, 0.1) is 6.04 Å². The Balaban J connectivity index is 1.91. The van der Waals surface area contributed by atoms with Gasteiger partial charge in [-0.25, -0.2) is 0 Å². The molecule has 1 saturated carbocycles. The van der Waals surface area contributed by atoms with Crippen LogP contribution in [0.5, 0.6) is 0 Å². The summed E-state index contributed by atoms with van der Waals surface area (Å²) in [5.74, 6) is 0.0689. The summed E-state index contributed by atoms with van der Waals surface area (Å²) in [5.41, 5.74) is 3.19. The molecule has 0 saturated heterocycles.